The van der Waals surface area contributed by atoms with Crippen LogP contribution in [0.1, 0.15) is 5.82 Å². The molecule has 2 N–H and O–H groups in total. The molecule has 17 heavy (non-hydrogen) atoms. The number of tetrazole rings is 1. The lowest BCUT2D eigenvalue weighted by atomic mass is 10.3. The number of H-pyrrole nitrogens is 1. The number of nitrogens with zero attached hydrogens (tertiary/aromatic N) is 5. The molecule has 0 fully saturated rings. The number of hydrogen-bond acceptors (Lipinski definition) is 6. The molecule has 0 atom stereocenters. The van der Waals surface area contributed by atoms with Gasteiger partial charge in [-0.1, -0.05) is 0 Å². The van der Waals surface area contributed by atoms with E-state index in [1.54, 1.807) is 0 Å². The molecular weight excluding hydrogens is 333 g/mol. The largest absolute Gasteiger partial charge is 0.277 e. The summed E-state index contributed by atoms with van der Waals surface area (Å²) in [6.07, 6.45) is 0. The van der Waals surface area contributed by atoms with Crippen LogP contribution in [0, 0.1) is 14.9 Å². The predicted molar refractivity (Wildman–Crippen MR) is 69.1 cm³/mol. The Bertz CT molecular complexity index is 552. The highest BCUT2D eigenvalue weighted by Gasteiger charge is 2.07. The Morgan fingerprint density at radius 2 is 2.18 bits per heavy atom. The molecule has 0 saturated heterocycles. The number of nitriles is 1. The predicted octanol–water partition coefficient (Wildman–Crippen LogP) is 1.14. The van der Waals surface area contributed by atoms with E-state index in [2.05, 4.69) is 53.7 Å². The van der Waals surface area contributed by atoms with Gasteiger partial charge in [0.2, 0.25) is 11.5 Å². The fraction of sp³-hybridized carbons (Fsp3) is 0. The van der Waals surface area contributed by atoms with Gasteiger partial charge in [-0.05, 0) is 52.1 Å². The third-order valence-corrected chi connectivity index (χ3v) is 2.52. The van der Waals surface area contributed by atoms with Crippen LogP contribution in [0.3, 0.4) is 0 Å². The Labute approximate surface area is 110 Å². The third kappa shape index (κ3) is 2.97. The third-order valence-electron chi connectivity index (χ3n) is 1.80. The Morgan fingerprint density at radius 1 is 1.41 bits per heavy atom. The topological polar surface area (TPSA) is 103 Å². The first-order valence-corrected chi connectivity index (χ1v) is 5.60. The van der Waals surface area contributed by atoms with Gasteiger partial charge in [0.05, 0.1) is 5.69 Å². The number of halogens is 1. The van der Waals surface area contributed by atoms with Crippen molar-refractivity contribution in [1.82, 2.24) is 20.6 Å². The maximum Gasteiger partial charge on any atom is 0.235 e. The summed E-state index contributed by atoms with van der Waals surface area (Å²) in [5, 5.41) is 25.7. The van der Waals surface area contributed by atoms with Gasteiger partial charge in [-0.25, -0.2) is 0 Å². The lowest BCUT2D eigenvalue weighted by Crippen LogP contribution is -2.04. The van der Waals surface area contributed by atoms with Gasteiger partial charge in [-0.3, -0.25) is 5.43 Å². The molecule has 1 aromatic carbocycles. The van der Waals surface area contributed by atoms with E-state index >= 15 is 0 Å². The van der Waals surface area contributed by atoms with Crippen molar-refractivity contribution in [2.24, 2.45) is 5.10 Å². The second kappa shape index (κ2) is 5.35. The average Bonchev–Trinajstić information content (AvgIpc) is 2.86. The molecule has 0 radical (unpaired) electrons. The van der Waals surface area contributed by atoms with Gasteiger partial charge in [-0.15, -0.1) is 10.2 Å². The molecule has 0 spiro atoms. The van der Waals surface area contributed by atoms with Gasteiger partial charge in [-0.2, -0.15) is 15.6 Å². The van der Waals surface area contributed by atoms with Crippen LogP contribution in [0.2, 0.25) is 0 Å². The van der Waals surface area contributed by atoms with Crippen molar-refractivity contribution in [1.29, 1.82) is 5.26 Å². The Balaban J connectivity index is 2.14. The number of aromatic amines is 1. The summed E-state index contributed by atoms with van der Waals surface area (Å²) < 4.78 is 1.12. The summed E-state index contributed by atoms with van der Waals surface area (Å²) in [5.41, 5.74) is 3.60. The summed E-state index contributed by atoms with van der Waals surface area (Å²) in [6.45, 7) is 0. The summed E-state index contributed by atoms with van der Waals surface area (Å²) in [5.74, 6) is 0.158. The zero-order chi connectivity index (χ0) is 12.1. The highest BCUT2D eigenvalue weighted by atomic mass is 127. The summed E-state index contributed by atoms with van der Waals surface area (Å²) in [7, 11) is 0. The molecule has 1 heterocycles. The number of hydrazone groups is 1. The van der Waals surface area contributed by atoms with Gasteiger partial charge >= 0.3 is 0 Å². The molecule has 0 bridgehead atoms. The molecule has 0 aliphatic carbocycles. The minimum absolute atomic E-state index is 0.0669. The van der Waals surface area contributed by atoms with E-state index < -0.39 is 0 Å². The molecule has 0 aliphatic rings. The van der Waals surface area contributed by atoms with Crippen LogP contribution in [-0.2, 0) is 0 Å². The number of hydrogen-bond donors (Lipinski definition) is 2. The van der Waals surface area contributed by atoms with E-state index in [1.807, 2.05) is 30.3 Å². The number of nitrogens with one attached hydrogen (secondary N) is 2. The van der Waals surface area contributed by atoms with Crippen LogP contribution in [-0.4, -0.2) is 26.3 Å². The van der Waals surface area contributed by atoms with Crippen molar-refractivity contribution in [2.75, 3.05) is 5.43 Å². The van der Waals surface area contributed by atoms with Crippen molar-refractivity contribution in [3.05, 3.63) is 33.7 Å². The Hall–Kier alpha value is -2.02. The van der Waals surface area contributed by atoms with Crippen LogP contribution in [0.15, 0.2) is 29.4 Å². The van der Waals surface area contributed by atoms with E-state index in [4.69, 9.17) is 5.26 Å². The van der Waals surface area contributed by atoms with Crippen LogP contribution in [0.25, 0.3) is 0 Å². The van der Waals surface area contributed by atoms with Crippen LogP contribution in [0.4, 0.5) is 5.69 Å². The lowest BCUT2D eigenvalue weighted by molar-refractivity contribution is 0.881. The lowest BCUT2D eigenvalue weighted by Gasteiger charge is -1.99. The Kier molecular flexibility index (Phi) is 3.61. The molecule has 84 valence electrons. The van der Waals surface area contributed by atoms with Gasteiger partial charge in [0.15, 0.2) is 0 Å². The van der Waals surface area contributed by atoms with Crippen LogP contribution in [0.5, 0.6) is 0 Å². The van der Waals surface area contributed by atoms with Crippen molar-refractivity contribution in [3.8, 4) is 6.07 Å². The first-order chi connectivity index (χ1) is 8.29. The number of anilines is 1. The Morgan fingerprint density at radius 3 is 2.76 bits per heavy atom. The van der Waals surface area contributed by atoms with E-state index in [1.165, 1.54) is 0 Å². The zero-order valence-electron chi connectivity index (χ0n) is 8.42. The van der Waals surface area contributed by atoms with Crippen molar-refractivity contribution in [3.63, 3.8) is 0 Å². The highest BCUT2D eigenvalue weighted by molar-refractivity contribution is 14.1. The summed E-state index contributed by atoms with van der Waals surface area (Å²) in [6, 6.07) is 9.46. The fourth-order valence-electron chi connectivity index (χ4n) is 1.03. The van der Waals surface area contributed by atoms with Gasteiger partial charge < -0.3 is 0 Å². The molecule has 0 saturated carbocycles. The number of benzene rings is 1. The van der Waals surface area contributed by atoms with Crippen molar-refractivity contribution in [2.45, 2.75) is 0 Å². The van der Waals surface area contributed by atoms with Gasteiger partial charge in [0, 0.05) is 3.57 Å². The molecule has 2 rings (SSSR count). The first kappa shape index (κ1) is 11.5. The van der Waals surface area contributed by atoms with E-state index in [0.717, 1.165) is 9.26 Å². The molecule has 2 aromatic rings. The highest BCUT2D eigenvalue weighted by Crippen LogP contribution is 2.11. The van der Waals surface area contributed by atoms with Gasteiger partial charge in [0.1, 0.15) is 6.07 Å². The van der Waals surface area contributed by atoms with Crippen LogP contribution < -0.4 is 5.43 Å². The van der Waals surface area contributed by atoms with Gasteiger partial charge in [0.25, 0.3) is 0 Å². The van der Waals surface area contributed by atoms with Crippen LogP contribution >= 0.6 is 22.6 Å². The molecule has 7 nitrogen and oxygen atoms in total. The normalized spacial score (nSPS) is 10.9. The fourth-order valence-corrected chi connectivity index (χ4v) is 1.39. The SMILES string of the molecule is N#C/C(=N\Nc1ccc(I)cc1)c1nn[nH]n1. The van der Waals surface area contributed by atoms with E-state index in [-0.39, 0.29) is 11.5 Å². The molecule has 0 unspecified atom stereocenters. The molecule has 8 heteroatoms. The smallest absolute Gasteiger partial charge is 0.235 e. The van der Waals surface area contributed by atoms with E-state index in [0.29, 0.717) is 0 Å². The zero-order valence-corrected chi connectivity index (χ0v) is 10.6. The standard InChI is InChI=1S/C9H6IN7/c10-6-1-3-7(4-2-6)12-13-8(5-11)9-14-16-17-15-9/h1-4,12H,(H,14,15,16,17)/b13-8+. The first-order valence-electron chi connectivity index (χ1n) is 4.53. The maximum absolute atomic E-state index is 8.88. The van der Waals surface area contributed by atoms with Crippen molar-refractivity contribution >= 4 is 34.0 Å². The average molecular weight is 339 g/mol. The second-order valence-corrected chi connectivity index (χ2v) is 4.17. The summed E-state index contributed by atoms with van der Waals surface area (Å²) in [4.78, 5) is 0. The van der Waals surface area contributed by atoms with E-state index in [9.17, 15) is 0 Å². The molecule has 1 aromatic heterocycles. The second-order valence-electron chi connectivity index (χ2n) is 2.93. The molecule has 0 aliphatic heterocycles. The maximum atomic E-state index is 8.88. The number of aromatic nitrogens is 4. The quantitative estimate of drug-likeness (QED) is 0.496. The van der Waals surface area contributed by atoms with Crippen molar-refractivity contribution < 1.29 is 0 Å². The molecular formula is C9H6IN7. The molecule has 0 amide bonds. The number of rotatable bonds is 3. The summed E-state index contributed by atoms with van der Waals surface area (Å²) >= 11 is 2.21. The minimum atomic E-state index is 0.0669. The monoisotopic (exact) mass is 339 g/mol. The minimum Gasteiger partial charge on any atom is -0.277 e.